The third-order valence-corrected chi connectivity index (χ3v) is 3.65. The number of nitrogens with zero attached hydrogens (tertiary/aromatic N) is 1. The largest absolute Gasteiger partial charge is 0.340 e. The predicted molar refractivity (Wildman–Crippen MR) is 69.0 cm³/mol. The highest BCUT2D eigenvalue weighted by molar-refractivity contribution is 6.27. The number of halogens is 2. The van der Waals surface area contributed by atoms with Crippen LogP contribution in [-0.2, 0) is 4.79 Å². The zero-order chi connectivity index (χ0) is 13.1. The van der Waals surface area contributed by atoms with Crippen LogP contribution < -0.4 is 5.73 Å². The minimum Gasteiger partial charge on any atom is -0.340 e. The molecule has 0 bridgehead atoms. The molecule has 0 aromatic heterocycles. The van der Waals surface area contributed by atoms with E-state index in [1.807, 2.05) is 0 Å². The van der Waals surface area contributed by atoms with Gasteiger partial charge in [-0.3, -0.25) is 4.79 Å². The van der Waals surface area contributed by atoms with Crippen LogP contribution in [0, 0.1) is 5.82 Å². The van der Waals surface area contributed by atoms with Crippen LogP contribution in [0.15, 0.2) is 24.3 Å². The highest BCUT2D eigenvalue weighted by Crippen LogP contribution is 2.27. The van der Waals surface area contributed by atoms with E-state index in [1.54, 1.807) is 17.0 Å². The van der Waals surface area contributed by atoms with Crippen LogP contribution >= 0.6 is 11.6 Å². The van der Waals surface area contributed by atoms with Gasteiger partial charge in [-0.05, 0) is 24.1 Å². The number of amides is 1. The molecule has 0 radical (unpaired) electrons. The van der Waals surface area contributed by atoms with E-state index in [0.717, 1.165) is 12.0 Å². The number of carbonyl (C=O) groups is 1. The van der Waals surface area contributed by atoms with Crippen LogP contribution in [-0.4, -0.2) is 35.8 Å². The first-order valence-corrected chi connectivity index (χ1v) is 6.50. The minimum absolute atomic E-state index is 0.00602. The number of hydrogen-bond acceptors (Lipinski definition) is 2. The van der Waals surface area contributed by atoms with Crippen molar-refractivity contribution in [3.8, 4) is 0 Å². The quantitative estimate of drug-likeness (QED) is 0.832. The average Bonchev–Trinajstić information content (AvgIpc) is 2.39. The molecular weight excluding hydrogens is 255 g/mol. The van der Waals surface area contributed by atoms with Gasteiger partial charge in [-0.25, -0.2) is 4.39 Å². The van der Waals surface area contributed by atoms with Gasteiger partial charge in [-0.1, -0.05) is 12.1 Å². The molecule has 1 aromatic carbocycles. The molecule has 18 heavy (non-hydrogen) atoms. The summed E-state index contributed by atoms with van der Waals surface area (Å²) < 4.78 is 12.9. The second-order valence-corrected chi connectivity index (χ2v) is 4.85. The van der Waals surface area contributed by atoms with E-state index in [-0.39, 0.29) is 29.6 Å². The maximum atomic E-state index is 12.9. The normalized spacial score (nSPS) is 24.1. The van der Waals surface area contributed by atoms with Crippen LogP contribution in [0.2, 0.25) is 0 Å². The van der Waals surface area contributed by atoms with Gasteiger partial charge in [0, 0.05) is 25.0 Å². The maximum Gasteiger partial charge on any atom is 0.237 e. The molecule has 2 unspecified atom stereocenters. The van der Waals surface area contributed by atoms with Crippen molar-refractivity contribution in [2.75, 3.05) is 19.0 Å². The Morgan fingerprint density at radius 3 is 2.67 bits per heavy atom. The number of alkyl halides is 1. The fourth-order valence-corrected chi connectivity index (χ4v) is 2.59. The Hall–Kier alpha value is -1.13. The second-order valence-electron chi connectivity index (χ2n) is 4.58. The van der Waals surface area contributed by atoms with Crippen molar-refractivity contribution >= 4 is 17.5 Å². The Balaban J connectivity index is 2.05. The topological polar surface area (TPSA) is 46.3 Å². The van der Waals surface area contributed by atoms with E-state index in [9.17, 15) is 9.18 Å². The van der Waals surface area contributed by atoms with Crippen molar-refractivity contribution < 1.29 is 9.18 Å². The standard InChI is InChI=1S/C13H16ClFN2O/c14-7-13(18)17-6-5-11(12(16)8-17)9-1-3-10(15)4-2-9/h1-4,11-12H,5-8,16H2. The van der Waals surface area contributed by atoms with Gasteiger partial charge < -0.3 is 10.6 Å². The molecule has 1 amide bonds. The van der Waals surface area contributed by atoms with Gasteiger partial charge >= 0.3 is 0 Å². The molecule has 1 fully saturated rings. The average molecular weight is 271 g/mol. The molecule has 1 aliphatic rings. The highest BCUT2D eigenvalue weighted by atomic mass is 35.5. The fourth-order valence-electron chi connectivity index (χ4n) is 2.42. The van der Waals surface area contributed by atoms with E-state index < -0.39 is 0 Å². The fraction of sp³-hybridized carbons (Fsp3) is 0.462. The number of rotatable bonds is 2. The van der Waals surface area contributed by atoms with Gasteiger partial charge in [-0.2, -0.15) is 0 Å². The summed E-state index contributed by atoms with van der Waals surface area (Å²) in [4.78, 5) is 13.2. The highest BCUT2D eigenvalue weighted by Gasteiger charge is 2.29. The molecule has 1 heterocycles. The lowest BCUT2D eigenvalue weighted by molar-refractivity contribution is -0.129. The van der Waals surface area contributed by atoms with Gasteiger partial charge in [0.05, 0.1) is 0 Å². The van der Waals surface area contributed by atoms with Crippen molar-refractivity contribution in [1.82, 2.24) is 4.90 Å². The summed E-state index contributed by atoms with van der Waals surface area (Å²) >= 11 is 5.53. The molecule has 0 spiro atoms. The Morgan fingerprint density at radius 2 is 2.11 bits per heavy atom. The van der Waals surface area contributed by atoms with Crippen LogP contribution in [0.4, 0.5) is 4.39 Å². The van der Waals surface area contributed by atoms with Gasteiger partial charge in [0.15, 0.2) is 0 Å². The zero-order valence-electron chi connectivity index (χ0n) is 9.98. The van der Waals surface area contributed by atoms with Gasteiger partial charge in [-0.15, -0.1) is 11.6 Å². The molecule has 0 saturated carbocycles. The van der Waals surface area contributed by atoms with Crippen molar-refractivity contribution in [1.29, 1.82) is 0 Å². The van der Waals surface area contributed by atoms with Gasteiger partial charge in [0.2, 0.25) is 5.91 Å². The number of hydrogen-bond donors (Lipinski definition) is 1. The van der Waals surface area contributed by atoms with Crippen LogP contribution in [0.5, 0.6) is 0 Å². The number of piperidine rings is 1. The third-order valence-electron chi connectivity index (χ3n) is 3.42. The predicted octanol–water partition coefficient (Wildman–Crippen LogP) is 1.71. The van der Waals surface area contributed by atoms with Gasteiger partial charge in [0.1, 0.15) is 11.7 Å². The first-order valence-electron chi connectivity index (χ1n) is 5.96. The Kier molecular flexibility index (Phi) is 4.19. The summed E-state index contributed by atoms with van der Waals surface area (Å²) in [6.45, 7) is 1.16. The van der Waals surface area contributed by atoms with Crippen molar-refractivity contribution in [3.63, 3.8) is 0 Å². The molecule has 3 nitrogen and oxygen atoms in total. The molecule has 2 N–H and O–H groups in total. The molecule has 1 aliphatic heterocycles. The lowest BCUT2D eigenvalue weighted by Gasteiger charge is -2.36. The first-order chi connectivity index (χ1) is 8.61. The lowest BCUT2D eigenvalue weighted by atomic mass is 9.86. The Bertz CT molecular complexity index is 424. The zero-order valence-corrected chi connectivity index (χ0v) is 10.7. The summed E-state index contributed by atoms with van der Waals surface area (Å²) in [5.41, 5.74) is 7.13. The van der Waals surface area contributed by atoms with E-state index in [1.165, 1.54) is 12.1 Å². The number of likely N-dealkylation sites (tertiary alicyclic amines) is 1. The Morgan fingerprint density at radius 1 is 1.44 bits per heavy atom. The molecule has 98 valence electrons. The van der Waals surface area contributed by atoms with E-state index in [2.05, 4.69) is 0 Å². The van der Waals surface area contributed by atoms with E-state index in [0.29, 0.717) is 13.1 Å². The molecule has 5 heteroatoms. The van der Waals surface area contributed by atoms with Crippen LogP contribution in [0.1, 0.15) is 17.9 Å². The Labute approximate surface area is 111 Å². The van der Waals surface area contributed by atoms with Crippen molar-refractivity contribution in [2.45, 2.75) is 18.4 Å². The SMILES string of the molecule is NC1CN(C(=O)CCl)CCC1c1ccc(F)cc1. The summed E-state index contributed by atoms with van der Waals surface area (Å²) in [5.74, 6) is -0.162. The van der Waals surface area contributed by atoms with Crippen LogP contribution in [0.3, 0.4) is 0 Å². The van der Waals surface area contributed by atoms with E-state index >= 15 is 0 Å². The summed E-state index contributed by atoms with van der Waals surface area (Å²) in [5, 5.41) is 0. The molecule has 0 aliphatic carbocycles. The van der Waals surface area contributed by atoms with Crippen molar-refractivity contribution in [2.24, 2.45) is 5.73 Å². The lowest BCUT2D eigenvalue weighted by Crippen LogP contribution is -2.49. The smallest absolute Gasteiger partial charge is 0.237 e. The maximum absolute atomic E-state index is 12.9. The van der Waals surface area contributed by atoms with Crippen LogP contribution in [0.25, 0.3) is 0 Å². The van der Waals surface area contributed by atoms with Crippen molar-refractivity contribution in [3.05, 3.63) is 35.6 Å². The minimum atomic E-state index is -0.248. The molecule has 2 rings (SSSR count). The molecular formula is C13H16ClFN2O. The summed E-state index contributed by atoms with van der Waals surface area (Å²) in [6, 6.07) is 6.28. The third kappa shape index (κ3) is 2.82. The first kappa shape index (κ1) is 13.3. The summed E-state index contributed by atoms with van der Waals surface area (Å²) in [7, 11) is 0. The van der Waals surface area contributed by atoms with E-state index in [4.69, 9.17) is 17.3 Å². The molecule has 2 atom stereocenters. The van der Waals surface area contributed by atoms with Gasteiger partial charge in [0.25, 0.3) is 0 Å². The number of carbonyl (C=O) groups excluding carboxylic acids is 1. The number of nitrogens with two attached hydrogens (primary N) is 1. The second kappa shape index (κ2) is 5.67. The number of benzene rings is 1. The monoisotopic (exact) mass is 270 g/mol. The summed E-state index contributed by atoms with van der Waals surface area (Å²) in [6.07, 6.45) is 0.787. The molecule has 1 aromatic rings. The molecule has 1 saturated heterocycles.